The molecule has 0 unspecified atom stereocenters. The Morgan fingerprint density at radius 3 is 2.61 bits per heavy atom. The minimum Gasteiger partial charge on any atom is -0.389 e. The van der Waals surface area contributed by atoms with Gasteiger partial charge in [-0.15, -0.1) is 0 Å². The third-order valence-electron chi connectivity index (χ3n) is 2.34. The van der Waals surface area contributed by atoms with Crippen molar-refractivity contribution in [2.75, 3.05) is 18.5 Å². The minimum absolute atomic E-state index is 0.138. The van der Waals surface area contributed by atoms with Crippen molar-refractivity contribution < 1.29 is 10.0 Å². The Morgan fingerprint density at radius 1 is 1.56 bits per heavy atom. The smallest absolute Gasteiger partial charge is 0.293 e. The molecule has 0 fully saturated rings. The molecule has 6 heteroatoms. The van der Waals surface area contributed by atoms with E-state index in [9.17, 15) is 15.2 Å². The van der Waals surface area contributed by atoms with Crippen LogP contribution in [0.15, 0.2) is 18.2 Å². The Kier molecular flexibility index (Phi) is 3.89. The molecule has 0 radical (unpaired) electrons. The van der Waals surface area contributed by atoms with Gasteiger partial charge in [-0.3, -0.25) is 10.1 Å². The van der Waals surface area contributed by atoms with Crippen LogP contribution in [0.2, 0.25) is 0 Å². The lowest BCUT2D eigenvalue weighted by atomic mass is 10.1. The van der Waals surface area contributed by atoms with Crippen LogP contribution in [0.4, 0.5) is 11.4 Å². The van der Waals surface area contributed by atoms with E-state index >= 15 is 0 Å². The van der Waals surface area contributed by atoms with Crippen LogP contribution in [0.3, 0.4) is 0 Å². The fourth-order valence-electron chi connectivity index (χ4n) is 1.73. The van der Waals surface area contributed by atoms with Gasteiger partial charge in [0.15, 0.2) is 0 Å². The van der Waals surface area contributed by atoms with Crippen molar-refractivity contribution in [2.45, 2.75) is 19.4 Å². The molecule has 0 saturated heterocycles. The van der Waals surface area contributed by atoms with E-state index in [1.807, 2.05) is 6.07 Å². The quantitative estimate of drug-likeness (QED) is 0.647. The lowest BCUT2D eigenvalue weighted by Crippen LogP contribution is -2.36. The largest absolute Gasteiger partial charge is 0.389 e. The standard InChI is InChI=1S/C12H15N3O3/c1-12(2,16)8-14(3)10-5-4-9(7-13)6-11(10)15(17)18/h4-6,16H,8H2,1-3H3. The Labute approximate surface area is 105 Å². The summed E-state index contributed by atoms with van der Waals surface area (Å²) in [6.45, 7) is 3.50. The maximum atomic E-state index is 11.0. The van der Waals surface area contributed by atoms with Gasteiger partial charge in [-0.2, -0.15) is 5.26 Å². The van der Waals surface area contributed by atoms with Crippen LogP contribution in [-0.2, 0) is 0 Å². The monoisotopic (exact) mass is 249 g/mol. The molecular weight excluding hydrogens is 234 g/mol. The van der Waals surface area contributed by atoms with Gasteiger partial charge in [-0.05, 0) is 26.0 Å². The van der Waals surface area contributed by atoms with E-state index in [1.54, 1.807) is 25.8 Å². The van der Waals surface area contributed by atoms with Gasteiger partial charge in [0.2, 0.25) is 0 Å². The van der Waals surface area contributed by atoms with Crippen molar-refractivity contribution >= 4 is 11.4 Å². The van der Waals surface area contributed by atoms with E-state index in [2.05, 4.69) is 0 Å². The number of aliphatic hydroxyl groups is 1. The molecule has 0 bridgehead atoms. The molecule has 0 spiro atoms. The zero-order chi connectivity index (χ0) is 13.9. The normalized spacial score (nSPS) is 10.8. The van der Waals surface area contributed by atoms with Crippen molar-refractivity contribution in [1.29, 1.82) is 5.26 Å². The molecule has 18 heavy (non-hydrogen) atoms. The summed E-state index contributed by atoms with van der Waals surface area (Å²) in [4.78, 5) is 12.0. The van der Waals surface area contributed by atoms with Crippen molar-refractivity contribution in [2.24, 2.45) is 0 Å². The van der Waals surface area contributed by atoms with Crippen LogP contribution < -0.4 is 4.90 Å². The van der Waals surface area contributed by atoms with E-state index in [-0.39, 0.29) is 17.8 Å². The molecule has 96 valence electrons. The lowest BCUT2D eigenvalue weighted by molar-refractivity contribution is -0.384. The van der Waals surface area contributed by atoms with Gasteiger partial charge in [0.25, 0.3) is 5.69 Å². The molecule has 0 heterocycles. The fourth-order valence-corrected chi connectivity index (χ4v) is 1.73. The van der Waals surface area contributed by atoms with Crippen molar-refractivity contribution in [3.05, 3.63) is 33.9 Å². The first-order valence-electron chi connectivity index (χ1n) is 5.36. The van der Waals surface area contributed by atoms with Gasteiger partial charge in [0, 0.05) is 19.7 Å². The average Bonchev–Trinajstić information content (AvgIpc) is 2.25. The zero-order valence-electron chi connectivity index (χ0n) is 10.5. The Hall–Kier alpha value is -2.13. The number of nitro groups is 1. The Morgan fingerprint density at radius 2 is 2.17 bits per heavy atom. The number of nitriles is 1. The first-order chi connectivity index (χ1) is 8.24. The van der Waals surface area contributed by atoms with E-state index in [1.165, 1.54) is 18.2 Å². The van der Waals surface area contributed by atoms with Crippen LogP contribution in [-0.4, -0.2) is 29.2 Å². The summed E-state index contributed by atoms with van der Waals surface area (Å²) < 4.78 is 0. The van der Waals surface area contributed by atoms with E-state index < -0.39 is 10.5 Å². The molecule has 0 aliphatic carbocycles. The Bertz CT molecular complexity index is 500. The highest BCUT2D eigenvalue weighted by atomic mass is 16.6. The zero-order valence-corrected chi connectivity index (χ0v) is 10.5. The molecule has 0 aliphatic rings. The predicted molar refractivity (Wildman–Crippen MR) is 67.4 cm³/mol. The van der Waals surface area contributed by atoms with Gasteiger partial charge >= 0.3 is 0 Å². The molecule has 0 saturated carbocycles. The van der Waals surface area contributed by atoms with Gasteiger partial charge in [-0.1, -0.05) is 0 Å². The minimum atomic E-state index is -0.962. The van der Waals surface area contributed by atoms with Crippen molar-refractivity contribution in [3.8, 4) is 6.07 Å². The molecule has 1 aromatic rings. The molecule has 1 N–H and O–H groups in total. The molecular formula is C12H15N3O3. The average molecular weight is 249 g/mol. The highest BCUT2D eigenvalue weighted by Crippen LogP contribution is 2.29. The van der Waals surface area contributed by atoms with Gasteiger partial charge in [0.05, 0.1) is 22.2 Å². The molecule has 0 amide bonds. The molecule has 0 aromatic heterocycles. The number of likely N-dealkylation sites (N-methyl/N-ethyl adjacent to an activating group) is 1. The van der Waals surface area contributed by atoms with Crippen LogP contribution in [0.25, 0.3) is 0 Å². The summed E-state index contributed by atoms with van der Waals surface area (Å²) >= 11 is 0. The number of hydrogen-bond donors (Lipinski definition) is 1. The van der Waals surface area contributed by atoms with E-state index in [4.69, 9.17) is 5.26 Å². The number of hydrogen-bond acceptors (Lipinski definition) is 5. The van der Waals surface area contributed by atoms with E-state index in [0.717, 1.165) is 0 Å². The van der Waals surface area contributed by atoms with Crippen LogP contribution >= 0.6 is 0 Å². The summed E-state index contributed by atoms with van der Waals surface area (Å²) in [6.07, 6.45) is 0. The molecule has 6 nitrogen and oxygen atoms in total. The van der Waals surface area contributed by atoms with Gasteiger partial charge in [-0.25, -0.2) is 0 Å². The van der Waals surface area contributed by atoms with E-state index in [0.29, 0.717) is 5.69 Å². The molecule has 1 aromatic carbocycles. The van der Waals surface area contributed by atoms with Crippen LogP contribution in [0, 0.1) is 21.4 Å². The number of nitro benzene ring substituents is 1. The number of rotatable bonds is 4. The second-order valence-corrected chi connectivity index (χ2v) is 4.74. The maximum Gasteiger partial charge on any atom is 0.293 e. The lowest BCUT2D eigenvalue weighted by Gasteiger charge is -2.26. The predicted octanol–water partition coefficient (Wildman–Crippen LogP) is 1.67. The van der Waals surface area contributed by atoms with Gasteiger partial charge in [0.1, 0.15) is 5.69 Å². The number of anilines is 1. The van der Waals surface area contributed by atoms with Gasteiger partial charge < -0.3 is 10.0 Å². The molecule has 0 aliphatic heterocycles. The highest BCUT2D eigenvalue weighted by molar-refractivity contribution is 5.65. The van der Waals surface area contributed by atoms with Crippen molar-refractivity contribution in [1.82, 2.24) is 0 Å². The van der Waals surface area contributed by atoms with Crippen molar-refractivity contribution in [3.63, 3.8) is 0 Å². The summed E-state index contributed by atoms with van der Waals surface area (Å²) in [5, 5.41) is 29.4. The molecule has 0 atom stereocenters. The second-order valence-electron chi connectivity index (χ2n) is 4.74. The topological polar surface area (TPSA) is 90.4 Å². The first kappa shape index (κ1) is 13.9. The van der Waals surface area contributed by atoms with Crippen LogP contribution in [0.5, 0.6) is 0 Å². The third-order valence-corrected chi connectivity index (χ3v) is 2.34. The Balaban J connectivity index is 3.16. The first-order valence-corrected chi connectivity index (χ1v) is 5.36. The molecule has 1 rings (SSSR count). The summed E-state index contributed by atoms with van der Waals surface area (Å²) in [7, 11) is 1.66. The fraction of sp³-hybridized carbons (Fsp3) is 0.417. The third kappa shape index (κ3) is 3.43. The SMILES string of the molecule is CN(CC(C)(C)O)c1ccc(C#N)cc1[N+](=O)[O-]. The van der Waals surface area contributed by atoms with Crippen LogP contribution in [0.1, 0.15) is 19.4 Å². The number of benzene rings is 1. The summed E-state index contributed by atoms with van der Waals surface area (Å²) in [5.74, 6) is 0. The maximum absolute atomic E-state index is 11.0. The number of nitrogens with zero attached hydrogens (tertiary/aromatic N) is 3. The highest BCUT2D eigenvalue weighted by Gasteiger charge is 2.22. The summed E-state index contributed by atoms with van der Waals surface area (Å²) in [5.41, 5.74) is -0.486. The summed E-state index contributed by atoms with van der Waals surface area (Å²) in [6, 6.07) is 6.13. The second kappa shape index (κ2) is 5.02.